The fourth-order valence-corrected chi connectivity index (χ4v) is 3.95. The van der Waals surface area contributed by atoms with Crippen molar-refractivity contribution in [1.29, 1.82) is 0 Å². The van der Waals surface area contributed by atoms with Gasteiger partial charge in [0, 0.05) is 29.4 Å². The van der Waals surface area contributed by atoms with Crippen LogP contribution in [-0.4, -0.2) is 32.2 Å². The van der Waals surface area contributed by atoms with Gasteiger partial charge in [-0.15, -0.1) is 10.2 Å². The van der Waals surface area contributed by atoms with E-state index in [1.807, 2.05) is 65.2 Å². The van der Waals surface area contributed by atoms with Crippen LogP contribution in [0.5, 0.6) is 0 Å². The summed E-state index contributed by atoms with van der Waals surface area (Å²) in [4.78, 5) is 23.9. The monoisotopic (exact) mass is 428 g/mol. The highest BCUT2D eigenvalue weighted by Crippen LogP contribution is 2.28. The number of hydrogen-bond donors (Lipinski definition) is 1. The molecular formula is C24H20N4O2S. The molecule has 4 rings (SSSR count). The van der Waals surface area contributed by atoms with Gasteiger partial charge in [-0.25, -0.2) is 0 Å². The number of carbonyl (C=O) groups is 2. The zero-order chi connectivity index (χ0) is 21.6. The van der Waals surface area contributed by atoms with E-state index in [0.717, 1.165) is 17.1 Å². The van der Waals surface area contributed by atoms with Crippen molar-refractivity contribution >= 4 is 29.1 Å². The van der Waals surface area contributed by atoms with E-state index in [1.165, 1.54) is 18.7 Å². The third-order valence-corrected chi connectivity index (χ3v) is 5.47. The fourth-order valence-electron chi connectivity index (χ4n) is 3.10. The second-order valence-electron chi connectivity index (χ2n) is 6.81. The number of nitrogens with zero attached hydrogens (tertiary/aromatic N) is 3. The molecular weight excluding hydrogens is 408 g/mol. The van der Waals surface area contributed by atoms with Crippen LogP contribution in [0.4, 0.5) is 5.69 Å². The minimum Gasteiger partial charge on any atom is -0.326 e. The van der Waals surface area contributed by atoms with Gasteiger partial charge in [0.25, 0.3) is 0 Å². The van der Waals surface area contributed by atoms with E-state index in [-0.39, 0.29) is 17.4 Å². The highest BCUT2D eigenvalue weighted by atomic mass is 32.2. The lowest BCUT2D eigenvalue weighted by molar-refractivity contribution is -0.114. The van der Waals surface area contributed by atoms with Gasteiger partial charge in [-0.3, -0.25) is 14.2 Å². The van der Waals surface area contributed by atoms with Crippen LogP contribution in [0.2, 0.25) is 0 Å². The van der Waals surface area contributed by atoms with Crippen LogP contribution in [-0.2, 0) is 4.79 Å². The summed E-state index contributed by atoms with van der Waals surface area (Å²) in [5, 5.41) is 12.1. The number of hydrogen-bond acceptors (Lipinski definition) is 5. The lowest BCUT2D eigenvalue weighted by Gasteiger charge is -2.10. The van der Waals surface area contributed by atoms with E-state index in [0.29, 0.717) is 16.4 Å². The van der Waals surface area contributed by atoms with Crippen molar-refractivity contribution in [1.82, 2.24) is 14.8 Å². The molecule has 4 aromatic rings. The van der Waals surface area contributed by atoms with Gasteiger partial charge >= 0.3 is 0 Å². The highest BCUT2D eigenvalue weighted by Gasteiger charge is 2.17. The van der Waals surface area contributed by atoms with E-state index in [4.69, 9.17) is 0 Å². The molecule has 6 nitrogen and oxygen atoms in total. The second kappa shape index (κ2) is 9.40. The maximum Gasteiger partial charge on any atom is 0.221 e. The summed E-state index contributed by atoms with van der Waals surface area (Å²) in [6, 6.07) is 26.6. The highest BCUT2D eigenvalue weighted by molar-refractivity contribution is 7.99. The van der Waals surface area contributed by atoms with Gasteiger partial charge in [0.15, 0.2) is 16.8 Å². The maximum atomic E-state index is 12.7. The molecule has 0 aliphatic rings. The Hall–Kier alpha value is -3.71. The molecule has 154 valence electrons. The van der Waals surface area contributed by atoms with E-state index in [2.05, 4.69) is 15.5 Å². The minimum absolute atomic E-state index is 0.0248. The first-order chi connectivity index (χ1) is 15.1. The smallest absolute Gasteiger partial charge is 0.221 e. The zero-order valence-corrected chi connectivity index (χ0v) is 17.7. The topological polar surface area (TPSA) is 76.9 Å². The van der Waals surface area contributed by atoms with Gasteiger partial charge in [0.05, 0.1) is 5.75 Å². The Kier molecular flexibility index (Phi) is 6.24. The fraction of sp³-hybridized carbons (Fsp3) is 0.0833. The lowest BCUT2D eigenvalue weighted by atomic mass is 10.1. The predicted octanol–water partition coefficient (Wildman–Crippen LogP) is 4.87. The Morgan fingerprint density at radius 1 is 0.871 bits per heavy atom. The maximum absolute atomic E-state index is 12.7. The lowest BCUT2D eigenvalue weighted by Crippen LogP contribution is -2.07. The molecule has 7 heteroatoms. The van der Waals surface area contributed by atoms with Crippen LogP contribution in [0, 0.1) is 0 Å². The molecule has 1 heterocycles. The first-order valence-corrected chi connectivity index (χ1v) is 10.7. The van der Waals surface area contributed by atoms with Gasteiger partial charge in [0.2, 0.25) is 5.91 Å². The molecule has 0 saturated heterocycles. The minimum atomic E-state index is -0.149. The Morgan fingerprint density at radius 2 is 1.52 bits per heavy atom. The van der Waals surface area contributed by atoms with Crippen LogP contribution in [0.15, 0.2) is 90.1 Å². The van der Waals surface area contributed by atoms with Crippen molar-refractivity contribution in [2.24, 2.45) is 0 Å². The molecule has 1 aromatic heterocycles. The van der Waals surface area contributed by atoms with E-state index in [9.17, 15) is 9.59 Å². The number of para-hydroxylation sites is 1. The van der Waals surface area contributed by atoms with Crippen molar-refractivity contribution in [3.63, 3.8) is 0 Å². The average Bonchev–Trinajstić information content (AvgIpc) is 3.23. The number of thioether (sulfide) groups is 1. The van der Waals surface area contributed by atoms with Crippen molar-refractivity contribution in [3.8, 4) is 17.1 Å². The summed E-state index contributed by atoms with van der Waals surface area (Å²) < 4.78 is 1.97. The number of nitrogens with one attached hydrogen (secondary N) is 1. The molecule has 0 fully saturated rings. The SMILES string of the molecule is CC(=O)Nc1ccc(C(=O)CSc2nnc(-c3ccccc3)n2-c2ccccc2)cc1. The van der Waals surface area contributed by atoms with Crippen LogP contribution in [0.25, 0.3) is 17.1 Å². The van der Waals surface area contributed by atoms with Crippen LogP contribution in [0.3, 0.4) is 0 Å². The molecule has 0 radical (unpaired) electrons. The Labute approximate surface area is 184 Å². The normalized spacial score (nSPS) is 10.6. The number of amides is 1. The summed E-state index contributed by atoms with van der Waals surface area (Å²) in [7, 11) is 0. The van der Waals surface area contributed by atoms with Crippen molar-refractivity contribution < 1.29 is 9.59 Å². The molecule has 0 bridgehead atoms. The molecule has 0 atom stereocenters. The molecule has 0 aliphatic heterocycles. The second-order valence-corrected chi connectivity index (χ2v) is 7.76. The average molecular weight is 429 g/mol. The number of Topliss-reactive ketones (excluding diaryl/α,β-unsaturated/α-hetero) is 1. The third kappa shape index (κ3) is 4.90. The molecule has 1 amide bonds. The Bertz CT molecular complexity index is 1190. The molecule has 0 saturated carbocycles. The van der Waals surface area contributed by atoms with Crippen molar-refractivity contribution in [2.45, 2.75) is 12.1 Å². The van der Waals surface area contributed by atoms with Crippen LogP contribution in [0.1, 0.15) is 17.3 Å². The largest absolute Gasteiger partial charge is 0.326 e. The first kappa shape index (κ1) is 20.6. The number of carbonyl (C=O) groups excluding carboxylic acids is 2. The zero-order valence-electron chi connectivity index (χ0n) is 16.9. The van der Waals surface area contributed by atoms with E-state index >= 15 is 0 Å². The van der Waals surface area contributed by atoms with Crippen molar-refractivity contribution in [3.05, 3.63) is 90.5 Å². The molecule has 0 spiro atoms. The Morgan fingerprint density at radius 3 is 2.16 bits per heavy atom. The Balaban J connectivity index is 1.57. The van der Waals surface area contributed by atoms with E-state index < -0.39 is 0 Å². The van der Waals surface area contributed by atoms with Gasteiger partial charge in [-0.05, 0) is 36.4 Å². The summed E-state index contributed by atoms with van der Waals surface area (Å²) in [6.45, 7) is 1.45. The van der Waals surface area contributed by atoms with E-state index in [1.54, 1.807) is 24.3 Å². The summed E-state index contributed by atoms with van der Waals surface area (Å²) >= 11 is 1.35. The van der Waals surface area contributed by atoms with Gasteiger partial charge in [0.1, 0.15) is 0 Å². The van der Waals surface area contributed by atoms with Gasteiger partial charge < -0.3 is 5.32 Å². The number of benzene rings is 3. The summed E-state index contributed by atoms with van der Waals surface area (Å²) in [6.07, 6.45) is 0. The number of rotatable bonds is 7. The standard InChI is InChI=1S/C24H20N4O2S/c1-17(29)25-20-14-12-18(13-15-20)22(30)16-31-24-27-26-23(19-8-4-2-5-9-19)28(24)21-10-6-3-7-11-21/h2-15H,16H2,1H3,(H,25,29). The molecule has 1 N–H and O–H groups in total. The van der Waals surface area contributed by atoms with Crippen molar-refractivity contribution in [2.75, 3.05) is 11.1 Å². The summed E-state index contributed by atoms with van der Waals surface area (Å²) in [5.41, 5.74) is 3.12. The van der Waals surface area contributed by atoms with Crippen LogP contribution < -0.4 is 5.32 Å². The van der Waals surface area contributed by atoms with Gasteiger partial charge in [-0.1, -0.05) is 60.3 Å². The predicted molar refractivity (Wildman–Crippen MR) is 123 cm³/mol. The third-order valence-electron chi connectivity index (χ3n) is 4.54. The summed E-state index contributed by atoms with van der Waals surface area (Å²) in [5.74, 6) is 0.771. The quantitative estimate of drug-likeness (QED) is 0.336. The van der Waals surface area contributed by atoms with Gasteiger partial charge in [-0.2, -0.15) is 0 Å². The molecule has 3 aromatic carbocycles. The number of ketones is 1. The number of aromatic nitrogens is 3. The molecule has 31 heavy (non-hydrogen) atoms. The molecule has 0 aliphatic carbocycles. The number of anilines is 1. The first-order valence-electron chi connectivity index (χ1n) is 9.72. The van der Waals surface area contributed by atoms with Crippen LogP contribution >= 0.6 is 11.8 Å². The molecule has 0 unspecified atom stereocenters.